The molecule has 2 atom stereocenters. The van der Waals surface area contributed by atoms with Crippen molar-refractivity contribution in [3.8, 4) is 11.5 Å². The number of carbonyl (C=O) groups excluding carboxylic acids is 1. The molecule has 3 heterocycles. The maximum Gasteiger partial charge on any atom is 0.306 e. The summed E-state index contributed by atoms with van der Waals surface area (Å²) in [7, 11) is 1.65. The van der Waals surface area contributed by atoms with E-state index >= 15 is 0 Å². The van der Waals surface area contributed by atoms with Gasteiger partial charge in [0, 0.05) is 23.0 Å². The summed E-state index contributed by atoms with van der Waals surface area (Å²) in [4.78, 5) is 15.8. The van der Waals surface area contributed by atoms with Gasteiger partial charge < -0.3 is 14.4 Å². The number of hydrogen-bond donors (Lipinski definition) is 0. The predicted octanol–water partition coefficient (Wildman–Crippen LogP) is 5.39. The van der Waals surface area contributed by atoms with Gasteiger partial charge in [0.2, 0.25) is 0 Å². The molecular formula is C27H22BrN3O3. The second kappa shape index (κ2) is 7.74. The van der Waals surface area contributed by atoms with Crippen LogP contribution in [0.1, 0.15) is 29.2 Å². The van der Waals surface area contributed by atoms with Gasteiger partial charge in [-0.25, -0.2) is 5.01 Å². The van der Waals surface area contributed by atoms with E-state index in [-0.39, 0.29) is 11.9 Å². The van der Waals surface area contributed by atoms with E-state index in [4.69, 9.17) is 14.6 Å². The highest BCUT2D eigenvalue weighted by atomic mass is 79.9. The molecule has 0 saturated carbocycles. The van der Waals surface area contributed by atoms with Crippen LogP contribution in [0.15, 0.2) is 89.0 Å². The smallest absolute Gasteiger partial charge is 0.306 e. The Labute approximate surface area is 206 Å². The molecule has 0 unspecified atom stereocenters. The van der Waals surface area contributed by atoms with Gasteiger partial charge in [-0.3, -0.25) is 4.79 Å². The zero-order valence-corrected chi connectivity index (χ0v) is 20.2. The van der Waals surface area contributed by atoms with Gasteiger partial charge in [0.15, 0.2) is 0 Å². The molecule has 170 valence electrons. The van der Waals surface area contributed by atoms with Crippen molar-refractivity contribution in [2.24, 2.45) is 5.10 Å². The molecule has 7 heteroatoms. The minimum Gasteiger partial charge on any atom is -0.497 e. The lowest BCUT2D eigenvalue weighted by molar-refractivity contribution is -0.163. The van der Waals surface area contributed by atoms with Gasteiger partial charge in [0.1, 0.15) is 11.5 Å². The van der Waals surface area contributed by atoms with Crippen molar-refractivity contribution in [1.29, 1.82) is 0 Å². The van der Waals surface area contributed by atoms with Crippen molar-refractivity contribution in [2.45, 2.75) is 18.2 Å². The first kappa shape index (κ1) is 21.0. The Morgan fingerprint density at radius 1 is 1.21 bits per heavy atom. The highest BCUT2D eigenvalue weighted by Crippen LogP contribution is 2.55. The van der Waals surface area contributed by atoms with Crippen LogP contribution in [0.25, 0.3) is 0 Å². The third-order valence-electron chi connectivity index (χ3n) is 6.65. The molecule has 0 radical (unpaired) electrons. The molecule has 0 N–H and O–H groups in total. The van der Waals surface area contributed by atoms with Crippen molar-refractivity contribution < 1.29 is 14.3 Å². The standard InChI is InChI=1S/C27H22BrN3O3/c1-3-14-30-23-7-5-4-6-21(23)27(26(30)32)31-24(20-15-18(28)10-13-25(20)34-27)16-22(29-31)17-8-11-19(33-2)12-9-17/h3-13,15,24H,1,14,16H2,2H3/t24-,27+/m1/s1. The molecule has 6 nitrogen and oxygen atoms in total. The molecule has 1 amide bonds. The van der Waals surface area contributed by atoms with Crippen LogP contribution < -0.4 is 14.4 Å². The number of ether oxygens (including phenoxy) is 2. The minimum absolute atomic E-state index is 0.154. The van der Waals surface area contributed by atoms with Crippen LogP contribution in [-0.4, -0.2) is 30.3 Å². The molecule has 34 heavy (non-hydrogen) atoms. The lowest BCUT2D eigenvalue weighted by Crippen LogP contribution is -2.57. The average Bonchev–Trinajstić information content (AvgIpc) is 3.41. The molecule has 3 aliphatic rings. The quantitative estimate of drug-likeness (QED) is 0.437. The van der Waals surface area contributed by atoms with Crippen LogP contribution in [0.5, 0.6) is 11.5 Å². The number of para-hydroxylation sites is 1. The third kappa shape index (κ3) is 2.86. The maximum atomic E-state index is 14.1. The summed E-state index contributed by atoms with van der Waals surface area (Å²) in [6.07, 6.45) is 2.38. The van der Waals surface area contributed by atoms with Crippen molar-refractivity contribution in [3.05, 3.63) is 101 Å². The van der Waals surface area contributed by atoms with Crippen LogP contribution in [0, 0.1) is 0 Å². The van der Waals surface area contributed by atoms with Crippen molar-refractivity contribution >= 4 is 33.2 Å². The first-order valence-electron chi connectivity index (χ1n) is 11.1. The molecular weight excluding hydrogens is 494 g/mol. The van der Waals surface area contributed by atoms with E-state index < -0.39 is 5.72 Å². The van der Waals surface area contributed by atoms with E-state index in [0.717, 1.165) is 38.3 Å². The van der Waals surface area contributed by atoms with Gasteiger partial charge in [-0.05, 0) is 54.1 Å². The molecule has 3 aromatic rings. The van der Waals surface area contributed by atoms with Crippen LogP contribution >= 0.6 is 15.9 Å². The minimum atomic E-state index is -1.38. The Bertz CT molecular complexity index is 1350. The number of rotatable bonds is 4. The van der Waals surface area contributed by atoms with Crippen molar-refractivity contribution in [2.75, 3.05) is 18.6 Å². The molecule has 0 saturated heterocycles. The summed E-state index contributed by atoms with van der Waals surface area (Å²) < 4.78 is 12.9. The van der Waals surface area contributed by atoms with E-state index in [0.29, 0.717) is 18.7 Å². The molecule has 0 aromatic heterocycles. The van der Waals surface area contributed by atoms with E-state index in [2.05, 4.69) is 28.6 Å². The second-order valence-electron chi connectivity index (χ2n) is 8.49. The van der Waals surface area contributed by atoms with Crippen LogP contribution in [0.4, 0.5) is 5.69 Å². The monoisotopic (exact) mass is 515 g/mol. The topological polar surface area (TPSA) is 54.4 Å². The number of nitrogens with zero attached hydrogens (tertiary/aromatic N) is 3. The third-order valence-corrected chi connectivity index (χ3v) is 7.14. The van der Waals surface area contributed by atoms with Gasteiger partial charge in [0.05, 0.1) is 30.1 Å². The number of fused-ring (bicyclic) bond motifs is 6. The largest absolute Gasteiger partial charge is 0.497 e. The van der Waals surface area contributed by atoms with Crippen LogP contribution in [-0.2, 0) is 10.5 Å². The molecule has 0 bridgehead atoms. The van der Waals surface area contributed by atoms with Gasteiger partial charge in [-0.2, -0.15) is 5.10 Å². The fourth-order valence-electron chi connectivity index (χ4n) is 5.11. The number of amides is 1. The summed E-state index contributed by atoms with van der Waals surface area (Å²) in [5, 5.41) is 6.91. The van der Waals surface area contributed by atoms with E-state index in [9.17, 15) is 4.79 Å². The number of halogens is 1. The molecule has 3 aliphatic heterocycles. The number of carbonyl (C=O) groups is 1. The molecule has 0 aliphatic carbocycles. The molecule has 3 aromatic carbocycles. The van der Waals surface area contributed by atoms with Crippen molar-refractivity contribution in [1.82, 2.24) is 5.01 Å². The van der Waals surface area contributed by atoms with Gasteiger partial charge in [0.25, 0.3) is 5.91 Å². The van der Waals surface area contributed by atoms with E-state index in [1.165, 1.54) is 0 Å². The van der Waals surface area contributed by atoms with E-state index in [1.54, 1.807) is 18.1 Å². The lowest BCUT2D eigenvalue weighted by Gasteiger charge is -2.44. The SMILES string of the molecule is C=CCN1C(=O)[C@@]2(Oc3ccc(Br)cc3[C@H]3CC(c4ccc(OC)cc4)=NN32)c2ccccc21. The first-order chi connectivity index (χ1) is 16.6. The summed E-state index contributed by atoms with van der Waals surface area (Å²) in [6, 6.07) is 21.4. The lowest BCUT2D eigenvalue weighted by atomic mass is 9.92. The highest BCUT2D eigenvalue weighted by Gasteiger charge is 2.63. The van der Waals surface area contributed by atoms with E-state index in [1.807, 2.05) is 65.7 Å². The van der Waals surface area contributed by atoms with Gasteiger partial charge >= 0.3 is 5.72 Å². The fourth-order valence-corrected chi connectivity index (χ4v) is 5.49. The number of methoxy groups -OCH3 is 1. The second-order valence-corrected chi connectivity index (χ2v) is 9.41. The van der Waals surface area contributed by atoms with Gasteiger partial charge in [-0.1, -0.05) is 40.2 Å². The average molecular weight is 516 g/mol. The summed E-state index contributed by atoms with van der Waals surface area (Å²) >= 11 is 3.59. The number of anilines is 1. The zero-order valence-electron chi connectivity index (χ0n) is 18.6. The van der Waals surface area contributed by atoms with Crippen molar-refractivity contribution in [3.63, 3.8) is 0 Å². The molecule has 1 spiro atoms. The number of benzene rings is 3. The summed E-state index contributed by atoms with van der Waals surface area (Å²) in [6.45, 7) is 4.24. The highest BCUT2D eigenvalue weighted by molar-refractivity contribution is 9.10. The van der Waals surface area contributed by atoms with Gasteiger partial charge in [-0.15, -0.1) is 6.58 Å². The first-order valence-corrected chi connectivity index (χ1v) is 11.9. The Kier molecular flexibility index (Phi) is 4.78. The summed E-state index contributed by atoms with van der Waals surface area (Å²) in [5.74, 6) is 1.32. The Morgan fingerprint density at radius 3 is 2.76 bits per heavy atom. The normalized spacial score (nSPS) is 22.1. The van der Waals surface area contributed by atoms with Crippen LogP contribution in [0.3, 0.4) is 0 Å². The maximum absolute atomic E-state index is 14.1. The zero-order chi connectivity index (χ0) is 23.4. The molecule has 0 fully saturated rings. The molecule has 6 rings (SSSR count). The number of hydrogen-bond acceptors (Lipinski definition) is 5. The Balaban J connectivity index is 1.55. The predicted molar refractivity (Wildman–Crippen MR) is 134 cm³/mol. The number of hydrazone groups is 1. The van der Waals surface area contributed by atoms with Crippen LogP contribution in [0.2, 0.25) is 0 Å². The Hall–Kier alpha value is -3.58. The Morgan fingerprint density at radius 2 is 2.00 bits per heavy atom. The summed E-state index contributed by atoms with van der Waals surface area (Å²) in [5.41, 5.74) is 3.12. The fraction of sp³-hybridized carbons (Fsp3) is 0.185.